The van der Waals surface area contributed by atoms with E-state index in [0.717, 1.165) is 26.1 Å². The van der Waals surface area contributed by atoms with Gasteiger partial charge < -0.3 is 15.1 Å². The van der Waals surface area contributed by atoms with Gasteiger partial charge in [-0.1, -0.05) is 12.8 Å². The van der Waals surface area contributed by atoms with Gasteiger partial charge in [-0.15, -0.1) is 0 Å². The van der Waals surface area contributed by atoms with Crippen molar-refractivity contribution in [3.05, 3.63) is 0 Å². The van der Waals surface area contributed by atoms with E-state index in [-0.39, 0.29) is 18.8 Å². The Labute approximate surface area is 123 Å². The maximum absolute atomic E-state index is 10.5. The van der Waals surface area contributed by atoms with Gasteiger partial charge in [0.05, 0.1) is 6.10 Å². The molecule has 0 amide bonds. The summed E-state index contributed by atoms with van der Waals surface area (Å²) in [7, 11) is 0. The molecule has 2 heterocycles. The van der Waals surface area contributed by atoms with Gasteiger partial charge in [0.1, 0.15) is 0 Å². The van der Waals surface area contributed by atoms with Gasteiger partial charge in [-0.25, -0.2) is 0 Å². The summed E-state index contributed by atoms with van der Waals surface area (Å²) >= 11 is 0. The predicted octanol–water partition coefficient (Wildman–Crippen LogP) is 1.46. The quantitative estimate of drug-likeness (QED) is 0.743. The Morgan fingerprint density at radius 2 is 1.40 bits per heavy atom. The smallest absolute Gasteiger partial charge is 0.0708 e. The van der Waals surface area contributed by atoms with Gasteiger partial charge in [0.25, 0.3) is 0 Å². The number of rotatable bonds is 7. The van der Waals surface area contributed by atoms with E-state index in [1.165, 1.54) is 51.6 Å². The van der Waals surface area contributed by atoms with E-state index in [1.807, 2.05) is 0 Å². The zero-order valence-corrected chi connectivity index (χ0v) is 12.8. The summed E-state index contributed by atoms with van der Waals surface area (Å²) in [6.45, 7) is 5.76. The van der Waals surface area contributed by atoms with Crippen LogP contribution in [0.25, 0.3) is 0 Å². The molecule has 4 nitrogen and oxygen atoms in total. The van der Waals surface area contributed by atoms with Crippen LogP contribution in [0.5, 0.6) is 0 Å². The molecule has 4 heteroatoms. The average molecular weight is 284 g/mol. The molecule has 0 aromatic carbocycles. The molecular weight excluding hydrogens is 252 g/mol. The second-order valence-corrected chi connectivity index (χ2v) is 6.43. The van der Waals surface area contributed by atoms with Gasteiger partial charge in [-0.2, -0.15) is 0 Å². The molecule has 2 aliphatic heterocycles. The lowest BCUT2D eigenvalue weighted by Crippen LogP contribution is -2.47. The van der Waals surface area contributed by atoms with Crippen LogP contribution >= 0.6 is 0 Å². The molecule has 20 heavy (non-hydrogen) atoms. The van der Waals surface area contributed by atoms with Crippen LogP contribution in [0.2, 0.25) is 0 Å². The number of hydrogen-bond donors (Lipinski definition) is 2. The van der Waals surface area contributed by atoms with Gasteiger partial charge in [-0.05, 0) is 64.7 Å². The van der Waals surface area contributed by atoms with Crippen molar-refractivity contribution in [1.82, 2.24) is 9.80 Å². The summed E-state index contributed by atoms with van der Waals surface area (Å²) in [6, 6.07) is 0.157. The minimum atomic E-state index is -0.290. The van der Waals surface area contributed by atoms with E-state index >= 15 is 0 Å². The van der Waals surface area contributed by atoms with Crippen molar-refractivity contribution in [3.63, 3.8) is 0 Å². The molecule has 2 aliphatic rings. The summed E-state index contributed by atoms with van der Waals surface area (Å²) in [5.41, 5.74) is 0. The second kappa shape index (κ2) is 8.98. The summed E-state index contributed by atoms with van der Waals surface area (Å²) in [6.07, 6.45) is 9.03. The van der Waals surface area contributed by atoms with Crippen molar-refractivity contribution >= 4 is 0 Å². The molecule has 0 aromatic heterocycles. The predicted molar refractivity (Wildman–Crippen MR) is 81.8 cm³/mol. The molecule has 2 N–H and O–H groups in total. The van der Waals surface area contributed by atoms with Crippen LogP contribution in [0.3, 0.4) is 0 Å². The maximum atomic E-state index is 10.5. The highest BCUT2D eigenvalue weighted by molar-refractivity contribution is 4.82. The third-order valence-corrected chi connectivity index (χ3v) is 4.92. The van der Waals surface area contributed by atoms with Crippen LogP contribution in [-0.4, -0.2) is 71.5 Å². The van der Waals surface area contributed by atoms with E-state index in [2.05, 4.69) is 9.80 Å². The highest BCUT2D eigenvalue weighted by Crippen LogP contribution is 2.19. The van der Waals surface area contributed by atoms with Crippen LogP contribution in [0.15, 0.2) is 0 Å². The van der Waals surface area contributed by atoms with Crippen molar-refractivity contribution in [2.24, 2.45) is 0 Å². The number of likely N-dealkylation sites (tertiary alicyclic amines) is 2. The Balaban J connectivity index is 1.77. The van der Waals surface area contributed by atoms with E-state index in [4.69, 9.17) is 0 Å². The molecule has 2 atom stereocenters. The number of nitrogens with zero attached hydrogens (tertiary/aromatic N) is 2. The summed E-state index contributed by atoms with van der Waals surface area (Å²) in [4.78, 5) is 4.89. The largest absolute Gasteiger partial charge is 0.396 e. The fourth-order valence-corrected chi connectivity index (χ4v) is 3.69. The highest BCUT2D eigenvalue weighted by atomic mass is 16.3. The van der Waals surface area contributed by atoms with Crippen LogP contribution in [0.4, 0.5) is 0 Å². The van der Waals surface area contributed by atoms with Crippen molar-refractivity contribution in [2.45, 2.75) is 63.5 Å². The fraction of sp³-hybridized carbons (Fsp3) is 1.00. The van der Waals surface area contributed by atoms with Crippen LogP contribution in [0, 0.1) is 0 Å². The Bertz CT molecular complexity index is 251. The van der Waals surface area contributed by atoms with E-state index in [9.17, 15) is 10.2 Å². The molecule has 0 radical (unpaired) electrons. The molecule has 2 fully saturated rings. The Morgan fingerprint density at radius 3 is 2.00 bits per heavy atom. The van der Waals surface area contributed by atoms with Crippen molar-refractivity contribution in [3.8, 4) is 0 Å². The molecule has 0 spiro atoms. The zero-order chi connectivity index (χ0) is 14.2. The number of aliphatic hydroxyl groups excluding tert-OH is 2. The third kappa shape index (κ3) is 4.99. The Morgan fingerprint density at radius 1 is 0.800 bits per heavy atom. The standard InChI is InChI=1S/C16H32N2O2/c19-14-8-15(18-11-5-2-6-12-18)16(20)7-13-17-9-3-1-4-10-17/h15-16,19-20H,1-14H2. The lowest BCUT2D eigenvalue weighted by molar-refractivity contribution is 0.0142. The Kier molecular flexibility index (Phi) is 7.28. The van der Waals surface area contributed by atoms with Crippen molar-refractivity contribution < 1.29 is 10.2 Å². The molecule has 0 aliphatic carbocycles. The molecule has 0 saturated carbocycles. The molecule has 2 saturated heterocycles. The van der Waals surface area contributed by atoms with E-state index < -0.39 is 0 Å². The van der Waals surface area contributed by atoms with E-state index in [0.29, 0.717) is 6.42 Å². The van der Waals surface area contributed by atoms with Crippen LogP contribution < -0.4 is 0 Å². The topological polar surface area (TPSA) is 46.9 Å². The minimum Gasteiger partial charge on any atom is -0.396 e. The Hall–Kier alpha value is -0.160. The SMILES string of the molecule is OCCC(C(O)CCN1CCCCC1)N1CCCCC1. The summed E-state index contributed by atoms with van der Waals surface area (Å²) in [5, 5.41) is 19.8. The first kappa shape index (κ1) is 16.2. The summed E-state index contributed by atoms with van der Waals surface area (Å²) < 4.78 is 0. The number of hydrogen-bond acceptors (Lipinski definition) is 4. The first-order valence-corrected chi connectivity index (χ1v) is 8.56. The highest BCUT2D eigenvalue weighted by Gasteiger charge is 2.27. The molecular formula is C16H32N2O2. The minimum absolute atomic E-state index is 0.157. The maximum Gasteiger partial charge on any atom is 0.0708 e. The van der Waals surface area contributed by atoms with Gasteiger partial charge in [0.15, 0.2) is 0 Å². The average Bonchev–Trinajstić information content (AvgIpc) is 2.52. The van der Waals surface area contributed by atoms with Gasteiger partial charge in [-0.3, -0.25) is 4.90 Å². The molecule has 0 bridgehead atoms. The van der Waals surface area contributed by atoms with Gasteiger partial charge >= 0.3 is 0 Å². The van der Waals surface area contributed by atoms with Gasteiger partial charge in [0, 0.05) is 19.2 Å². The fourth-order valence-electron chi connectivity index (χ4n) is 3.69. The lowest BCUT2D eigenvalue weighted by atomic mass is 9.99. The van der Waals surface area contributed by atoms with Crippen LogP contribution in [-0.2, 0) is 0 Å². The first-order chi connectivity index (χ1) is 9.81. The molecule has 118 valence electrons. The monoisotopic (exact) mass is 284 g/mol. The summed E-state index contributed by atoms with van der Waals surface area (Å²) in [5.74, 6) is 0. The second-order valence-electron chi connectivity index (χ2n) is 6.43. The number of aliphatic hydroxyl groups is 2. The number of piperidine rings is 2. The normalized spacial score (nSPS) is 25.5. The van der Waals surface area contributed by atoms with Gasteiger partial charge in [0.2, 0.25) is 0 Å². The first-order valence-electron chi connectivity index (χ1n) is 8.56. The lowest BCUT2D eigenvalue weighted by Gasteiger charge is -2.38. The third-order valence-electron chi connectivity index (χ3n) is 4.92. The zero-order valence-electron chi connectivity index (χ0n) is 12.8. The van der Waals surface area contributed by atoms with E-state index in [1.54, 1.807) is 0 Å². The molecule has 0 aromatic rings. The van der Waals surface area contributed by atoms with Crippen LogP contribution in [0.1, 0.15) is 51.4 Å². The molecule has 2 rings (SSSR count). The molecule has 2 unspecified atom stereocenters. The van der Waals surface area contributed by atoms with Crippen molar-refractivity contribution in [1.29, 1.82) is 0 Å². The van der Waals surface area contributed by atoms with Crippen molar-refractivity contribution in [2.75, 3.05) is 39.3 Å².